The lowest BCUT2D eigenvalue weighted by atomic mass is 9.83. The molecule has 0 heterocycles. The van der Waals surface area contributed by atoms with Gasteiger partial charge in [-0.3, -0.25) is 4.79 Å². The summed E-state index contributed by atoms with van der Waals surface area (Å²) in [6.07, 6.45) is 0. The quantitative estimate of drug-likeness (QED) is 0.706. The number of hydrogen-bond donors (Lipinski definition) is 1. The molecule has 27 heavy (non-hydrogen) atoms. The van der Waals surface area contributed by atoms with E-state index < -0.39 is 15.4 Å². The van der Waals surface area contributed by atoms with Crippen LogP contribution in [0, 0.1) is 0 Å². The Balaban J connectivity index is 2.18. The van der Waals surface area contributed by atoms with Gasteiger partial charge in [-0.2, -0.15) is 4.31 Å². The third-order valence-corrected chi connectivity index (χ3v) is 7.23. The number of halogens is 1. The topological polar surface area (TPSA) is 66.5 Å². The van der Waals surface area contributed by atoms with Gasteiger partial charge in [0, 0.05) is 23.2 Å². The molecule has 0 aromatic heterocycles. The van der Waals surface area contributed by atoms with E-state index in [0.29, 0.717) is 5.69 Å². The first-order chi connectivity index (χ1) is 12.5. The van der Waals surface area contributed by atoms with Gasteiger partial charge in [-0.15, -0.1) is 0 Å². The van der Waals surface area contributed by atoms with Crippen LogP contribution in [0.1, 0.15) is 33.3 Å². The van der Waals surface area contributed by atoms with Crippen LogP contribution in [0.5, 0.6) is 0 Å². The van der Waals surface area contributed by atoms with E-state index in [1.807, 2.05) is 52.0 Å². The van der Waals surface area contributed by atoms with Crippen LogP contribution in [0.25, 0.3) is 0 Å². The van der Waals surface area contributed by atoms with Crippen LogP contribution in [0.2, 0.25) is 0 Å². The highest BCUT2D eigenvalue weighted by atomic mass is 79.9. The average Bonchev–Trinajstić information content (AvgIpc) is 2.61. The van der Waals surface area contributed by atoms with E-state index >= 15 is 0 Å². The minimum atomic E-state index is -3.54. The average molecular weight is 453 g/mol. The second-order valence-electron chi connectivity index (χ2n) is 7.23. The summed E-state index contributed by atoms with van der Waals surface area (Å²) in [6, 6.07) is 13.7. The van der Waals surface area contributed by atoms with Crippen molar-refractivity contribution in [3.05, 3.63) is 58.6 Å². The molecule has 0 spiro atoms. The Morgan fingerprint density at radius 2 is 1.56 bits per heavy atom. The van der Waals surface area contributed by atoms with E-state index in [0.717, 1.165) is 10.0 Å². The maximum atomic E-state index is 12.7. The highest BCUT2D eigenvalue weighted by molar-refractivity contribution is 9.10. The number of carbonyl (C=O) groups is 1. The Bertz CT molecular complexity index is 905. The Hall–Kier alpha value is -1.70. The zero-order valence-corrected chi connectivity index (χ0v) is 18.6. The molecule has 1 N–H and O–H groups in total. The fourth-order valence-electron chi connectivity index (χ4n) is 2.44. The van der Waals surface area contributed by atoms with E-state index in [1.165, 1.54) is 16.4 Å². The molecule has 2 rings (SSSR count). The fourth-order valence-corrected chi connectivity index (χ4v) is 4.07. The van der Waals surface area contributed by atoms with Gasteiger partial charge in [-0.25, -0.2) is 8.42 Å². The first kappa shape index (κ1) is 21.6. The van der Waals surface area contributed by atoms with E-state index in [9.17, 15) is 13.2 Å². The SMILES string of the molecule is CC(C)N(C)S(=O)(=O)c1ccc(NC(=O)C(C)(C)c2ccc(Br)cc2)cc1. The van der Waals surface area contributed by atoms with Gasteiger partial charge in [0.1, 0.15) is 0 Å². The van der Waals surface area contributed by atoms with Gasteiger partial charge in [0.15, 0.2) is 0 Å². The van der Waals surface area contributed by atoms with Gasteiger partial charge < -0.3 is 5.32 Å². The van der Waals surface area contributed by atoms with E-state index in [2.05, 4.69) is 21.2 Å². The van der Waals surface area contributed by atoms with Crippen molar-refractivity contribution in [2.45, 2.75) is 44.0 Å². The van der Waals surface area contributed by atoms with E-state index in [4.69, 9.17) is 0 Å². The van der Waals surface area contributed by atoms with Crippen molar-refractivity contribution < 1.29 is 13.2 Å². The molecule has 5 nitrogen and oxygen atoms in total. The molecule has 0 bridgehead atoms. The molecule has 0 radical (unpaired) electrons. The highest BCUT2D eigenvalue weighted by Gasteiger charge is 2.30. The van der Waals surface area contributed by atoms with Gasteiger partial charge >= 0.3 is 0 Å². The summed E-state index contributed by atoms with van der Waals surface area (Å²) in [5.41, 5.74) is 0.709. The van der Waals surface area contributed by atoms with Crippen LogP contribution < -0.4 is 5.32 Å². The van der Waals surface area contributed by atoms with Crippen molar-refractivity contribution in [3.8, 4) is 0 Å². The fraction of sp³-hybridized carbons (Fsp3) is 0.350. The predicted octanol–water partition coefficient (Wildman–Crippen LogP) is 4.39. The summed E-state index contributed by atoms with van der Waals surface area (Å²) < 4.78 is 27.3. The number of nitrogens with one attached hydrogen (secondary N) is 1. The summed E-state index contributed by atoms with van der Waals surface area (Å²) in [5, 5.41) is 2.87. The first-order valence-electron chi connectivity index (χ1n) is 8.62. The molecular formula is C20H25BrN2O3S. The Kier molecular flexibility index (Phi) is 6.50. The zero-order valence-electron chi connectivity index (χ0n) is 16.2. The lowest BCUT2D eigenvalue weighted by Gasteiger charge is -2.24. The Morgan fingerprint density at radius 1 is 1.04 bits per heavy atom. The summed E-state index contributed by atoms with van der Waals surface area (Å²) in [5.74, 6) is -0.167. The number of sulfonamides is 1. The molecule has 2 aromatic carbocycles. The summed E-state index contributed by atoms with van der Waals surface area (Å²) in [6.45, 7) is 7.33. The van der Waals surface area contributed by atoms with Gasteiger partial charge in [0.25, 0.3) is 0 Å². The molecule has 2 aromatic rings. The van der Waals surface area contributed by atoms with Crippen molar-refractivity contribution in [3.63, 3.8) is 0 Å². The first-order valence-corrected chi connectivity index (χ1v) is 10.8. The molecule has 0 aliphatic carbocycles. The molecule has 0 atom stereocenters. The standard InChI is InChI=1S/C20H25BrN2O3S/c1-14(2)23(5)27(25,26)18-12-10-17(11-13-18)22-19(24)20(3,4)15-6-8-16(21)9-7-15/h6-14H,1-5H3,(H,22,24). The molecule has 0 fully saturated rings. The highest BCUT2D eigenvalue weighted by Crippen LogP contribution is 2.27. The van der Waals surface area contributed by atoms with Crippen LogP contribution in [0.15, 0.2) is 57.9 Å². The number of anilines is 1. The molecule has 7 heteroatoms. The summed E-state index contributed by atoms with van der Waals surface area (Å²) in [7, 11) is -1.99. The normalized spacial score (nSPS) is 12.4. The summed E-state index contributed by atoms with van der Waals surface area (Å²) >= 11 is 3.39. The lowest BCUT2D eigenvalue weighted by molar-refractivity contribution is -0.120. The minimum absolute atomic E-state index is 0.138. The molecule has 0 saturated carbocycles. The van der Waals surface area contributed by atoms with Gasteiger partial charge in [-0.05, 0) is 69.7 Å². The van der Waals surface area contributed by atoms with Crippen LogP contribution in [0.4, 0.5) is 5.69 Å². The number of carbonyl (C=O) groups excluding carboxylic acids is 1. The number of hydrogen-bond acceptors (Lipinski definition) is 3. The zero-order chi connectivity index (χ0) is 20.4. The molecule has 0 aliphatic heterocycles. The lowest BCUT2D eigenvalue weighted by Crippen LogP contribution is -2.34. The third kappa shape index (κ3) is 4.78. The summed E-state index contributed by atoms with van der Waals surface area (Å²) in [4.78, 5) is 12.9. The van der Waals surface area contributed by atoms with Gasteiger partial charge in [0.2, 0.25) is 15.9 Å². The number of rotatable bonds is 6. The van der Waals surface area contributed by atoms with E-state index in [-0.39, 0.29) is 16.8 Å². The van der Waals surface area contributed by atoms with Crippen LogP contribution in [-0.2, 0) is 20.2 Å². The largest absolute Gasteiger partial charge is 0.325 e. The van der Waals surface area contributed by atoms with E-state index in [1.54, 1.807) is 19.2 Å². The molecule has 1 amide bonds. The Labute approximate surface area is 170 Å². The Morgan fingerprint density at radius 3 is 2.04 bits per heavy atom. The smallest absolute Gasteiger partial charge is 0.243 e. The van der Waals surface area contributed by atoms with Crippen LogP contribution in [0.3, 0.4) is 0 Å². The number of benzene rings is 2. The second-order valence-corrected chi connectivity index (χ2v) is 10.1. The van der Waals surface area contributed by atoms with Gasteiger partial charge in [-0.1, -0.05) is 28.1 Å². The van der Waals surface area contributed by atoms with Crippen molar-refractivity contribution in [1.82, 2.24) is 4.31 Å². The maximum Gasteiger partial charge on any atom is 0.243 e. The molecular weight excluding hydrogens is 428 g/mol. The third-order valence-electron chi connectivity index (χ3n) is 4.65. The van der Waals surface area contributed by atoms with Crippen molar-refractivity contribution in [2.24, 2.45) is 0 Å². The molecule has 0 saturated heterocycles. The molecule has 146 valence electrons. The predicted molar refractivity (Wildman–Crippen MR) is 112 cm³/mol. The van der Waals surface area contributed by atoms with Crippen molar-refractivity contribution in [1.29, 1.82) is 0 Å². The minimum Gasteiger partial charge on any atom is -0.325 e. The van der Waals surface area contributed by atoms with Gasteiger partial charge in [0.05, 0.1) is 10.3 Å². The molecule has 0 aliphatic rings. The van der Waals surface area contributed by atoms with Crippen LogP contribution in [-0.4, -0.2) is 31.7 Å². The van der Waals surface area contributed by atoms with Crippen molar-refractivity contribution in [2.75, 3.05) is 12.4 Å². The maximum absolute atomic E-state index is 12.7. The monoisotopic (exact) mass is 452 g/mol. The number of nitrogens with zero attached hydrogens (tertiary/aromatic N) is 1. The van der Waals surface area contributed by atoms with Crippen LogP contribution >= 0.6 is 15.9 Å². The second kappa shape index (κ2) is 8.12. The molecule has 0 unspecified atom stereocenters. The van der Waals surface area contributed by atoms with Crippen molar-refractivity contribution >= 4 is 37.5 Å². The number of amides is 1.